The Kier molecular flexibility index (Phi) is 19.4. The number of fused-ring (bicyclic) bond motifs is 5. The summed E-state index contributed by atoms with van der Waals surface area (Å²) < 4.78 is 12.2. The molecule has 2 aromatic carbocycles. The van der Waals surface area contributed by atoms with Gasteiger partial charge in [-0.25, -0.2) is 9.97 Å². The van der Waals surface area contributed by atoms with Gasteiger partial charge in [0.05, 0.1) is 11.6 Å². The van der Waals surface area contributed by atoms with Crippen molar-refractivity contribution in [3.63, 3.8) is 0 Å². The van der Waals surface area contributed by atoms with E-state index in [9.17, 15) is 24.0 Å². The van der Waals surface area contributed by atoms with Gasteiger partial charge in [-0.1, -0.05) is 46.8 Å². The van der Waals surface area contributed by atoms with Crippen LogP contribution in [0.5, 0.6) is 11.5 Å². The van der Waals surface area contributed by atoms with Crippen LogP contribution < -0.4 is 32.0 Å². The number of nitrogens with one attached hydrogen (secondary N) is 2. The molecule has 0 fully saturated rings. The summed E-state index contributed by atoms with van der Waals surface area (Å²) in [6.07, 6.45) is 4.20. The number of ketones is 3. The van der Waals surface area contributed by atoms with Crippen LogP contribution >= 0.6 is 0 Å². The van der Waals surface area contributed by atoms with Crippen molar-refractivity contribution in [3.8, 4) is 22.6 Å². The summed E-state index contributed by atoms with van der Waals surface area (Å²) in [6.45, 7) is 10.3. The van der Waals surface area contributed by atoms with Gasteiger partial charge in [0.2, 0.25) is 11.8 Å². The minimum absolute atomic E-state index is 0.0278. The van der Waals surface area contributed by atoms with Gasteiger partial charge in [0.25, 0.3) is 0 Å². The van der Waals surface area contributed by atoms with Gasteiger partial charge in [0, 0.05) is 80.5 Å². The second-order valence-corrected chi connectivity index (χ2v) is 14.7. The summed E-state index contributed by atoms with van der Waals surface area (Å²) in [5.41, 5.74) is 20.5. The molecule has 4 atom stereocenters. The molecule has 320 valence electrons. The summed E-state index contributed by atoms with van der Waals surface area (Å²) >= 11 is 0. The van der Waals surface area contributed by atoms with Crippen LogP contribution in [0.3, 0.4) is 0 Å². The van der Waals surface area contributed by atoms with E-state index < -0.39 is 41.5 Å². The number of benzene rings is 2. The summed E-state index contributed by atoms with van der Waals surface area (Å²) in [6, 6.07) is 8.42. The number of nitrogens with two attached hydrogens (primary N) is 3. The second kappa shape index (κ2) is 23.9. The van der Waals surface area contributed by atoms with E-state index in [1.54, 1.807) is 31.2 Å². The number of hydrogen-bond acceptors (Lipinski definition) is 13. The molecule has 0 aliphatic carbocycles. The Morgan fingerprint density at radius 3 is 2.10 bits per heavy atom. The predicted molar refractivity (Wildman–Crippen MR) is 227 cm³/mol. The Morgan fingerprint density at radius 1 is 0.898 bits per heavy atom. The molecule has 0 spiro atoms. The fraction of sp³-hybridized carbons (Fsp3) is 0.500. The SMILES string of the molecule is CC.CC(C)C(=N)CCC(=O)C1Cc2ccc(OCCN)c(c2)-c2cc(ccc2OCCN)C(N(C)C(=O)C(CCN)CC(=O)c2cncnc2)C(=O)CC(C)C(=O)N1. The number of hydrogen-bond donors (Lipinski definition) is 5. The quantitative estimate of drug-likeness (QED) is 0.0894. The van der Waals surface area contributed by atoms with Crippen molar-refractivity contribution in [2.24, 2.45) is 35.0 Å². The van der Waals surface area contributed by atoms with E-state index in [0.29, 0.717) is 39.5 Å². The zero-order valence-corrected chi connectivity index (χ0v) is 35.3. The third kappa shape index (κ3) is 13.3. The zero-order chi connectivity index (χ0) is 43.6. The topological polar surface area (TPSA) is 247 Å². The van der Waals surface area contributed by atoms with E-state index in [2.05, 4.69) is 15.3 Å². The van der Waals surface area contributed by atoms with Crippen molar-refractivity contribution in [2.45, 2.75) is 85.2 Å². The van der Waals surface area contributed by atoms with Crippen LogP contribution in [0, 0.1) is 23.2 Å². The standard InChI is InChI=1S/C42H56N8O7.C2H6/c1-25(2)33(46)7-8-35(51)34-19-27-5-9-38(56-15-13-44)31(18-27)32-20-28(6-10-39(32)57-16-14-45)40(37(53)17-26(3)41(54)49-34)50(4)42(55)29(11-12-43)21-36(52)30-22-47-24-48-23-30;1-2/h5-6,9-10,18,20,22-26,29,34,40,46H,7-8,11-17,19,21,43-45H2,1-4H3,(H,49,54);1-2H3. The highest BCUT2D eigenvalue weighted by atomic mass is 16.5. The van der Waals surface area contributed by atoms with Crippen molar-refractivity contribution < 1.29 is 33.4 Å². The number of likely N-dealkylation sites (N-methyl/N-ethyl adjacent to an activating group) is 1. The van der Waals surface area contributed by atoms with Crippen molar-refractivity contribution in [1.29, 1.82) is 5.41 Å². The van der Waals surface area contributed by atoms with Gasteiger partial charge in [-0.05, 0) is 67.1 Å². The van der Waals surface area contributed by atoms with E-state index in [4.69, 9.17) is 32.1 Å². The third-order valence-electron chi connectivity index (χ3n) is 10.1. The van der Waals surface area contributed by atoms with Crippen LogP contribution in [0.1, 0.15) is 94.2 Å². The largest absolute Gasteiger partial charge is 0.492 e. The van der Waals surface area contributed by atoms with E-state index in [0.717, 1.165) is 0 Å². The van der Waals surface area contributed by atoms with E-state index >= 15 is 0 Å². The normalized spacial score (nSPS) is 17.1. The molecule has 0 saturated carbocycles. The minimum atomic E-state index is -1.20. The lowest BCUT2D eigenvalue weighted by Gasteiger charge is -2.32. The maximum atomic E-state index is 14.6. The first kappa shape index (κ1) is 48.0. The highest BCUT2D eigenvalue weighted by Gasteiger charge is 2.36. The van der Waals surface area contributed by atoms with Crippen LogP contribution in [0.25, 0.3) is 11.1 Å². The first-order valence-electron chi connectivity index (χ1n) is 20.4. The van der Waals surface area contributed by atoms with Crippen molar-refractivity contribution in [3.05, 3.63) is 71.8 Å². The number of ether oxygens (including phenoxy) is 2. The molecule has 15 nitrogen and oxygen atoms in total. The Bertz CT molecular complexity index is 1900. The van der Waals surface area contributed by atoms with Crippen LogP contribution in [0.15, 0.2) is 55.1 Å². The fourth-order valence-electron chi connectivity index (χ4n) is 6.79. The average molecular weight is 815 g/mol. The molecular formula is C44H62N8O7. The molecule has 0 radical (unpaired) electrons. The highest BCUT2D eigenvalue weighted by molar-refractivity contribution is 6.00. The second-order valence-electron chi connectivity index (χ2n) is 14.7. The lowest BCUT2D eigenvalue weighted by molar-refractivity contribution is -0.142. The van der Waals surface area contributed by atoms with E-state index in [1.165, 1.54) is 30.7 Å². The molecule has 59 heavy (non-hydrogen) atoms. The van der Waals surface area contributed by atoms with Crippen LogP contribution in [-0.4, -0.2) is 95.7 Å². The predicted octanol–water partition coefficient (Wildman–Crippen LogP) is 4.24. The summed E-state index contributed by atoms with van der Waals surface area (Å²) in [5.74, 6) is -2.93. The highest BCUT2D eigenvalue weighted by Crippen LogP contribution is 2.41. The Hall–Kier alpha value is -5.38. The average Bonchev–Trinajstić information content (AvgIpc) is 3.24. The molecule has 2 amide bonds. The molecule has 1 aliphatic heterocycles. The van der Waals surface area contributed by atoms with Gasteiger partial charge in [-0.2, -0.15) is 0 Å². The Morgan fingerprint density at radius 2 is 1.51 bits per heavy atom. The van der Waals surface area contributed by atoms with Crippen LogP contribution in [-0.2, 0) is 25.6 Å². The van der Waals surface area contributed by atoms with Crippen molar-refractivity contribution in [2.75, 3.05) is 39.9 Å². The molecule has 0 saturated heterocycles. The summed E-state index contributed by atoms with van der Waals surface area (Å²) in [7, 11) is 1.50. The molecule has 3 aromatic rings. The first-order chi connectivity index (χ1) is 28.3. The Balaban J connectivity index is 0.00000458. The monoisotopic (exact) mass is 814 g/mol. The number of nitrogens with zero attached hydrogens (tertiary/aromatic N) is 3. The van der Waals surface area contributed by atoms with Gasteiger partial charge in [0.1, 0.15) is 37.1 Å². The molecule has 4 unspecified atom stereocenters. The number of carbonyl (C=O) groups excluding carboxylic acids is 5. The van der Waals surface area contributed by atoms with Crippen LogP contribution in [0.2, 0.25) is 0 Å². The molecule has 1 aromatic heterocycles. The number of amides is 2. The van der Waals surface area contributed by atoms with Gasteiger partial charge >= 0.3 is 0 Å². The van der Waals surface area contributed by atoms with E-state index in [1.807, 2.05) is 39.8 Å². The van der Waals surface area contributed by atoms with Gasteiger partial charge in [-0.3, -0.25) is 24.0 Å². The number of carbonyl (C=O) groups is 5. The van der Waals surface area contributed by atoms with Gasteiger partial charge in [-0.15, -0.1) is 0 Å². The molecular weight excluding hydrogens is 753 g/mol. The van der Waals surface area contributed by atoms with Crippen molar-refractivity contribution >= 4 is 34.9 Å². The molecule has 4 rings (SSSR count). The molecule has 1 aliphatic rings. The molecule has 8 N–H and O–H groups in total. The smallest absolute Gasteiger partial charge is 0.226 e. The molecule has 15 heteroatoms. The maximum Gasteiger partial charge on any atom is 0.226 e. The molecule has 4 bridgehead atoms. The van der Waals surface area contributed by atoms with Crippen LogP contribution in [0.4, 0.5) is 0 Å². The van der Waals surface area contributed by atoms with Gasteiger partial charge in [0.15, 0.2) is 17.3 Å². The Labute approximate surface area is 347 Å². The zero-order valence-electron chi connectivity index (χ0n) is 35.3. The van der Waals surface area contributed by atoms with Crippen molar-refractivity contribution in [1.82, 2.24) is 20.2 Å². The number of Topliss-reactive ketones (excluding diaryl/α,β-unsaturated/α-hetero) is 3. The summed E-state index contributed by atoms with van der Waals surface area (Å²) in [5, 5.41) is 11.2. The van der Waals surface area contributed by atoms with E-state index in [-0.39, 0.29) is 94.4 Å². The number of rotatable bonds is 18. The molecule has 2 heterocycles. The first-order valence-corrected chi connectivity index (χ1v) is 20.4. The lowest BCUT2D eigenvalue weighted by atomic mass is 9.88. The third-order valence-corrected chi connectivity index (χ3v) is 10.1. The minimum Gasteiger partial charge on any atom is -0.492 e. The maximum absolute atomic E-state index is 14.6. The van der Waals surface area contributed by atoms with Gasteiger partial charge < -0.3 is 42.3 Å². The lowest BCUT2D eigenvalue weighted by Crippen LogP contribution is -2.46. The summed E-state index contributed by atoms with van der Waals surface area (Å²) in [4.78, 5) is 78.9. The fourth-order valence-corrected chi connectivity index (χ4v) is 6.79. The number of aromatic nitrogens is 2.